The molecule has 142 valence electrons. The van der Waals surface area contributed by atoms with Gasteiger partial charge in [0.2, 0.25) is 10.0 Å². The zero-order valence-electron chi connectivity index (χ0n) is 15.6. The fourth-order valence-electron chi connectivity index (χ4n) is 3.28. The summed E-state index contributed by atoms with van der Waals surface area (Å²) in [7, 11) is -3.61. The number of rotatable bonds is 7. The minimum atomic E-state index is -3.61. The molecule has 26 heavy (non-hydrogen) atoms. The number of nitrogens with zero attached hydrogens (tertiary/aromatic N) is 2. The van der Waals surface area contributed by atoms with Crippen LogP contribution in [0.15, 0.2) is 48.4 Å². The lowest BCUT2D eigenvalue weighted by molar-refractivity contribution is 0.0790. The largest absolute Gasteiger partial charge is 0.331 e. The van der Waals surface area contributed by atoms with Gasteiger partial charge in [0.15, 0.2) is 0 Å². The number of amides is 1. The average Bonchev–Trinajstić information content (AvgIpc) is 2.61. The molecule has 2 rings (SSSR count). The van der Waals surface area contributed by atoms with Crippen LogP contribution >= 0.6 is 0 Å². The van der Waals surface area contributed by atoms with Crippen LogP contribution in [0.1, 0.15) is 42.1 Å². The fourth-order valence-corrected chi connectivity index (χ4v) is 5.00. The Bertz CT molecular complexity index is 776. The van der Waals surface area contributed by atoms with Crippen LogP contribution < -0.4 is 0 Å². The Labute approximate surface area is 157 Å². The molecule has 1 amide bonds. The number of carbonyl (C=O) groups excluding carboxylic acids is 1. The number of piperidine rings is 1. The molecule has 1 aromatic rings. The molecular formula is C20H28N2O3S. The fraction of sp³-hybridized carbons (Fsp3) is 0.450. The van der Waals surface area contributed by atoms with E-state index >= 15 is 0 Å². The van der Waals surface area contributed by atoms with Crippen LogP contribution in [0, 0.1) is 6.92 Å². The molecule has 5 nitrogen and oxygen atoms in total. The third-order valence-corrected chi connectivity index (χ3v) is 6.78. The van der Waals surface area contributed by atoms with Gasteiger partial charge in [0, 0.05) is 31.2 Å². The molecule has 0 aliphatic carbocycles. The highest BCUT2D eigenvalue weighted by molar-refractivity contribution is 7.89. The molecule has 1 aromatic carbocycles. The first-order valence-corrected chi connectivity index (χ1v) is 10.4. The molecule has 0 bridgehead atoms. The van der Waals surface area contributed by atoms with E-state index in [0.717, 1.165) is 24.8 Å². The van der Waals surface area contributed by atoms with Crippen LogP contribution in [0.5, 0.6) is 0 Å². The van der Waals surface area contributed by atoms with Gasteiger partial charge in [0.05, 0.1) is 4.90 Å². The zero-order chi connectivity index (χ0) is 19.3. The SMILES string of the molecule is C=CCN(CC=C)C(=O)c1cc(S(=O)(=O)N2CCCCC2C)ccc1C. The Morgan fingerprint density at radius 3 is 2.50 bits per heavy atom. The van der Waals surface area contributed by atoms with Gasteiger partial charge in [-0.1, -0.05) is 24.6 Å². The number of carbonyl (C=O) groups is 1. The van der Waals surface area contributed by atoms with Crippen molar-refractivity contribution in [3.63, 3.8) is 0 Å². The van der Waals surface area contributed by atoms with E-state index in [9.17, 15) is 13.2 Å². The van der Waals surface area contributed by atoms with Crippen LogP contribution in [0.3, 0.4) is 0 Å². The Hall–Kier alpha value is -1.92. The number of hydrogen-bond donors (Lipinski definition) is 0. The Kier molecular flexibility index (Phi) is 6.78. The van der Waals surface area contributed by atoms with Crippen molar-refractivity contribution < 1.29 is 13.2 Å². The van der Waals surface area contributed by atoms with Crippen LogP contribution in [-0.2, 0) is 10.0 Å². The zero-order valence-corrected chi connectivity index (χ0v) is 16.5. The molecule has 0 radical (unpaired) electrons. The molecule has 0 saturated carbocycles. The standard InChI is InChI=1S/C20H28N2O3S/c1-5-12-21(13-6-2)20(23)19-15-18(11-10-16(19)3)26(24,25)22-14-8-7-9-17(22)4/h5-6,10-11,15,17H,1-2,7-9,12-14H2,3-4H3. The Morgan fingerprint density at radius 2 is 1.92 bits per heavy atom. The van der Waals surface area contributed by atoms with E-state index in [-0.39, 0.29) is 16.8 Å². The Balaban J connectivity index is 2.41. The lowest BCUT2D eigenvalue weighted by Gasteiger charge is -2.32. The summed E-state index contributed by atoms with van der Waals surface area (Å²) >= 11 is 0. The quantitative estimate of drug-likeness (QED) is 0.686. The maximum atomic E-state index is 13.1. The molecule has 6 heteroatoms. The van der Waals surface area contributed by atoms with E-state index in [0.29, 0.717) is 25.2 Å². The van der Waals surface area contributed by atoms with E-state index in [1.165, 1.54) is 6.07 Å². The van der Waals surface area contributed by atoms with Gasteiger partial charge in [-0.25, -0.2) is 8.42 Å². The Morgan fingerprint density at radius 1 is 1.27 bits per heavy atom. The van der Waals surface area contributed by atoms with E-state index < -0.39 is 10.0 Å². The van der Waals surface area contributed by atoms with Gasteiger partial charge in [0.1, 0.15) is 0 Å². The molecule has 1 fully saturated rings. The van der Waals surface area contributed by atoms with Crippen LogP contribution in [0.25, 0.3) is 0 Å². The van der Waals surface area contributed by atoms with Gasteiger partial charge in [-0.2, -0.15) is 4.31 Å². The van der Waals surface area contributed by atoms with Gasteiger partial charge < -0.3 is 4.90 Å². The highest BCUT2D eigenvalue weighted by Crippen LogP contribution is 2.26. The van der Waals surface area contributed by atoms with Crippen LogP contribution in [0.2, 0.25) is 0 Å². The van der Waals surface area contributed by atoms with E-state index in [1.807, 2.05) is 13.8 Å². The van der Waals surface area contributed by atoms with Crippen molar-refractivity contribution in [2.24, 2.45) is 0 Å². The molecule has 0 aromatic heterocycles. The van der Waals surface area contributed by atoms with Crippen molar-refractivity contribution in [2.45, 2.75) is 44.0 Å². The summed E-state index contributed by atoms with van der Waals surface area (Å²) in [6, 6.07) is 4.78. The predicted octanol–water partition coefficient (Wildman–Crippen LogP) is 3.37. The highest BCUT2D eigenvalue weighted by atomic mass is 32.2. The van der Waals surface area contributed by atoms with Gasteiger partial charge in [-0.3, -0.25) is 4.79 Å². The maximum absolute atomic E-state index is 13.1. The average molecular weight is 377 g/mol. The second kappa shape index (κ2) is 8.64. The van der Waals surface area contributed by atoms with Gasteiger partial charge in [0.25, 0.3) is 5.91 Å². The minimum Gasteiger partial charge on any atom is -0.331 e. The smallest absolute Gasteiger partial charge is 0.254 e. The lowest BCUT2D eigenvalue weighted by Crippen LogP contribution is -2.42. The van der Waals surface area contributed by atoms with Crippen molar-refractivity contribution in [1.29, 1.82) is 0 Å². The van der Waals surface area contributed by atoms with Crippen molar-refractivity contribution >= 4 is 15.9 Å². The molecule has 1 heterocycles. The number of aryl methyl sites for hydroxylation is 1. The van der Waals surface area contributed by atoms with Crippen molar-refractivity contribution in [2.75, 3.05) is 19.6 Å². The second-order valence-electron chi connectivity index (χ2n) is 6.72. The topological polar surface area (TPSA) is 57.7 Å². The van der Waals surface area contributed by atoms with Gasteiger partial charge in [-0.15, -0.1) is 13.2 Å². The van der Waals surface area contributed by atoms with Crippen molar-refractivity contribution in [3.05, 3.63) is 54.6 Å². The summed E-state index contributed by atoms with van der Waals surface area (Å²) in [5.41, 5.74) is 1.15. The second-order valence-corrected chi connectivity index (χ2v) is 8.62. The van der Waals surface area contributed by atoms with Gasteiger partial charge in [-0.05, 0) is 44.4 Å². The van der Waals surface area contributed by atoms with E-state index in [1.54, 1.807) is 33.5 Å². The first-order chi connectivity index (χ1) is 12.3. The first kappa shape index (κ1) is 20.4. The first-order valence-electron chi connectivity index (χ1n) is 8.96. The van der Waals surface area contributed by atoms with Crippen LogP contribution in [0.4, 0.5) is 0 Å². The monoisotopic (exact) mass is 376 g/mol. The highest BCUT2D eigenvalue weighted by Gasteiger charge is 2.31. The van der Waals surface area contributed by atoms with E-state index in [2.05, 4.69) is 13.2 Å². The molecule has 1 unspecified atom stereocenters. The van der Waals surface area contributed by atoms with Crippen LogP contribution in [-0.4, -0.2) is 49.2 Å². The lowest BCUT2D eigenvalue weighted by atomic mass is 10.1. The molecule has 1 aliphatic heterocycles. The third-order valence-electron chi connectivity index (χ3n) is 4.77. The number of hydrogen-bond acceptors (Lipinski definition) is 3. The van der Waals surface area contributed by atoms with Crippen molar-refractivity contribution in [3.8, 4) is 0 Å². The molecule has 0 N–H and O–H groups in total. The summed E-state index contributed by atoms with van der Waals surface area (Å²) < 4.78 is 27.7. The normalized spacial score (nSPS) is 18.3. The van der Waals surface area contributed by atoms with Crippen molar-refractivity contribution in [1.82, 2.24) is 9.21 Å². The molecule has 1 aliphatic rings. The number of benzene rings is 1. The summed E-state index contributed by atoms with van der Waals surface area (Å²) in [6.45, 7) is 12.4. The molecule has 0 spiro atoms. The summed E-state index contributed by atoms with van der Waals surface area (Å²) in [4.78, 5) is 14.7. The molecular weight excluding hydrogens is 348 g/mol. The summed E-state index contributed by atoms with van der Waals surface area (Å²) in [6.07, 6.45) is 6.07. The minimum absolute atomic E-state index is 0.0211. The third kappa shape index (κ3) is 4.24. The predicted molar refractivity (Wildman–Crippen MR) is 105 cm³/mol. The molecule has 1 saturated heterocycles. The molecule has 1 atom stereocenters. The maximum Gasteiger partial charge on any atom is 0.254 e. The number of sulfonamides is 1. The van der Waals surface area contributed by atoms with E-state index in [4.69, 9.17) is 0 Å². The summed E-state index contributed by atoms with van der Waals surface area (Å²) in [5, 5.41) is 0. The summed E-state index contributed by atoms with van der Waals surface area (Å²) in [5.74, 6) is -0.217. The van der Waals surface area contributed by atoms with Gasteiger partial charge >= 0.3 is 0 Å².